The van der Waals surface area contributed by atoms with Crippen molar-refractivity contribution in [3.63, 3.8) is 0 Å². The van der Waals surface area contributed by atoms with Gasteiger partial charge in [0, 0.05) is 24.2 Å². The molecule has 30 heavy (non-hydrogen) atoms. The van der Waals surface area contributed by atoms with Crippen molar-refractivity contribution >= 4 is 17.6 Å². The number of nitrogens with one attached hydrogen (secondary N) is 1. The van der Waals surface area contributed by atoms with Crippen LogP contribution in [0.2, 0.25) is 0 Å². The van der Waals surface area contributed by atoms with Crippen molar-refractivity contribution < 1.29 is 33.0 Å². The summed E-state index contributed by atoms with van der Waals surface area (Å²) in [5, 5.41) is 22.0. The zero-order valence-corrected chi connectivity index (χ0v) is 15.3. The summed E-state index contributed by atoms with van der Waals surface area (Å²) in [6.45, 7) is 0. The van der Waals surface area contributed by atoms with Crippen LogP contribution in [0.1, 0.15) is 39.5 Å². The zero-order chi connectivity index (χ0) is 21.6. The molecule has 154 valence electrons. The first-order valence-corrected chi connectivity index (χ1v) is 8.90. The number of carboxylic acids is 1. The molecule has 3 N–H and O–H groups in total. The molecule has 1 aromatic heterocycles. The molecule has 2 heterocycles. The molecule has 0 saturated carbocycles. The van der Waals surface area contributed by atoms with E-state index in [2.05, 4.69) is 5.32 Å². The van der Waals surface area contributed by atoms with Gasteiger partial charge >= 0.3 is 12.1 Å². The van der Waals surface area contributed by atoms with Gasteiger partial charge in [0.1, 0.15) is 11.3 Å². The number of aromatic carboxylic acids is 1. The Bertz CT molecular complexity index is 1170. The smallest absolute Gasteiger partial charge is 0.416 e. The van der Waals surface area contributed by atoms with E-state index in [9.17, 15) is 33.0 Å². The van der Waals surface area contributed by atoms with Gasteiger partial charge in [-0.15, -0.1) is 0 Å². The summed E-state index contributed by atoms with van der Waals surface area (Å²) in [5.74, 6) is -2.46. The maximum Gasteiger partial charge on any atom is 0.416 e. The van der Waals surface area contributed by atoms with Crippen molar-refractivity contribution in [2.75, 3.05) is 5.32 Å². The number of benzene rings is 2. The van der Waals surface area contributed by atoms with Gasteiger partial charge in [0.15, 0.2) is 0 Å². The second-order valence-electron chi connectivity index (χ2n) is 6.93. The molecule has 2 aromatic carbocycles. The summed E-state index contributed by atoms with van der Waals surface area (Å²) < 4.78 is 41.0. The Balaban J connectivity index is 1.97. The van der Waals surface area contributed by atoms with Crippen LogP contribution in [0.5, 0.6) is 5.75 Å². The van der Waals surface area contributed by atoms with Crippen molar-refractivity contribution in [3.05, 3.63) is 77.1 Å². The molecule has 4 rings (SSSR count). The number of rotatable bonds is 3. The third-order valence-corrected chi connectivity index (χ3v) is 4.98. The number of nitrogens with zero attached hydrogens (tertiary/aromatic N) is 1. The average Bonchev–Trinajstić information content (AvgIpc) is 3.06. The maximum absolute atomic E-state index is 13.2. The largest absolute Gasteiger partial charge is 0.508 e. The van der Waals surface area contributed by atoms with E-state index < -0.39 is 29.5 Å². The summed E-state index contributed by atoms with van der Waals surface area (Å²) >= 11 is 0. The van der Waals surface area contributed by atoms with E-state index >= 15 is 0 Å². The predicted octanol–water partition coefficient (Wildman–Crippen LogP) is 4.37. The van der Waals surface area contributed by atoms with Crippen LogP contribution >= 0.6 is 0 Å². The molecule has 1 aliphatic rings. The summed E-state index contributed by atoms with van der Waals surface area (Å²) in [7, 11) is 0. The molecule has 0 aliphatic carbocycles. The summed E-state index contributed by atoms with van der Waals surface area (Å²) in [5.41, 5.74) is -0.112. The second kappa shape index (κ2) is 6.94. The lowest BCUT2D eigenvalue weighted by Crippen LogP contribution is -2.25. The van der Waals surface area contributed by atoms with Gasteiger partial charge in [0.25, 0.3) is 0 Å². The molecule has 0 bridgehead atoms. The summed E-state index contributed by atoms with van der Waals surface area (Å²) in [6.07, 6.45) is -3.43. The molecular weight excluding hydrogens is 401 g/mol. The molecule has 1 aliphatic heterocycles. The standard InChI is InChI=1S/C21H15F3N2O4/c22-21(23,24)12-4-2-5-13(8-12)26-10-16(20(29)30)18-19(26)15(9-17(28)25-18)11-3-1-6-14(27)7-11/h1-8,10,15,27H,9H2,(H,25,28)(H,29,30). The lowest BCUT2D eigenvalue weighted by atomic mass is 9.88. The number of hydrogen-bond donors (Lipinski definition) is 3. The molecule has 1 unspecified atom stereocenters. The Morgan fingerprint density at radius 2 is 1.87 bits per heavy atom. The highest BCUT2D eigenvalue weighted by atomic mass is 19.4. The average molecular weight is 416 g/mol. The van der Waals surface area contributed by atoms with Crippen LogP contribution in [0.4, 0.5) is 18.9 Å². The van der Waals surface area contributed by atoms with Gasteiger partial charge in [-0.1, -0.05) is 18.2 Å². The minimum Gasteiger partial charge on any atom is -0.508 e. The van der Waals surface area contributed by atoms with E-state index in [-0.39, 0.29) is 29.1 Å². The van der Waals surface area contributed by atoms with E-state index in [4.69, 9.17) is 0 Å². The number of hydrogen-bond acceptors (Lipinski definition) is 3. The van der Waals surface area contributed by atoms with Gasteiger partial charge in [-0.2, -0.15) is 13.2 Å². The highest BCUT2D eigenvalue weighted by molar-refractivity contribution is 6.04. The molecule has 1 amide bonds. The first-order chi connectivity index (χ1) is 14.1. The Morgan fingerprint density at radius 3 is 2.53 bits per heavy atom. The SMILES string of the molecule is O=C1CC(c2cccc(O)c2)c2c(c(C(=O)O)cn2-c2cccc(C(F)(F)F)c2)N1. The summed E-state index contributed by atoms with van der Waals surface area (Å²) in [6, 6.07) is 10.6. The number of aromatic hydroxyl groups is 1. The van der Waals surface area contributed by atoms with Crippen molar-refractivity contribution in [2.24, 2.45) is 0 Å². The van der Waals surface area contributed by atoms with Crippen molar-refractivity contribution in [1.82, 2.24) is 4.57 Å². The van der Waals surface area contributed by atoms with Crippen LogP contribution in [-0.4, -0.2) is 26.7 Å². The minimum absolute atomic E-state index is 0.0319. The fourth-order valence-electron chi connectivity index (χ4n) is 3.69. The second-order valence-corrected chi connectivity index (χ2v) is 6.93. The maximum atomic E-state index is 13.2. The fourth-order valence-corrected chi connectivity index (χ4v) is 3.69. The number of halogens is 3. The first-order valence-electron chi connectivity index (χ1n) is 8.90. The lowest BCUT2D eigenvalue weighted by molar-refractivity contribution is -0.137. The Hall–Kier alpha value is -3.75. The Morgan fingerprint density at radius 1 is 1.13 bits per heavy atom. The van der Waals surface area contributed by atoms with E-state index in [1.165, 1.54) is 35.0 Å². The minimum atomic E-state index is -4.57. The van der Waals surface area contributed by atoms with Crippen molar-refractivity contribution in [1.29, 1.82) is 0 Å². The van der Waals surface area contributed by atoms with E-state index in [0.29, 0.717) is 11.3 Å². The van der Waals surface area contributed by atoms with E-state index in [0.717, 1.165) is 12.1 Å². The van der Waals surface area contributed by atoms with Crippen molar-refractivity contribution in [3.8, 4) is 11.4 Å². The number of phenols is 1. The number of carbonyl (C=O) groups excluding carboxylic acids is 1. The fraction of sp³-hybridized carbons (Fsp3) is 0.143. The Kier molecular flexibility index (Phi) is 4.53. The number of carboxylic acid groups (broad SMARTS) is 1. The number of anilines is 1. The molecule has 9 heteroatoms. The van der Waals surface area contributed by atoms with Crippen LogP contribution in [0.3, 0.4) is 0 Å². The molecule has 1 atom stereocenters. The highest BCUT2D eigenvalue weighted by Gasteiger charge is 2.35. The number of carbonyl (C=O) groups is 2. The van der Waals surface area contributed by atoms with Crippen LogP contribution in [-0.2, 0) is 11.0 Å². The van der Waals surface area contributed by atoms with Gasteiger partial charge in [-0.05, 0) is 35.9 Å². The molecular formula is C21H15F3N2O4. The lowest BCUT2D eigenvalue weighted by Gasteiger charge is -2.26. The topological polar surface area (TPSA) is 91.6 Å². The van der Waals surface area contributed by atoms with Crippen molar-refractivity contribution in [2.45, 2.75) is 18.5 Å². The molecule has 0 spiro atoms. The normalized spacial score (nSPS) is 16.1. The molecule has 3 aromatic rings. The van der Waals surface area contributed by atoms with Crippen LogP contribution in [0.25, 0.3) is 5.69 Å². The number of aromatic nitrogens is 1. The van der Waals surface area contributed by atoms with Gasteiger partial charge in [0.05, 0.1) is 16.9 Å². The zero-order valence-electron chi connectivity index (χ0n) is 15.3. The molecule has 0 fully saturated rings. The van der Waals surface area contributed by atoms with Crippen LogP contribution < -0.4 is 5.32 Å². The Labute approximate surface area is 168 Å². The number of amides is 1. The third kappa shape index (κ3) is 3.38. The van der Waals surface area contributed by atoms with Crippen LogP contribution in [0, 0.1) is 0 Å². The quantitative estimate of drug-likeness (QED) is 0.591. The highest BCUT2D eigenvalue weighted by Crippen LogP contribution is 2.42. The molecule has 6 nitrogen and oxygen atoms in total. The third-order valence-electron chi connectivity index (χ3n) is 4.98. The monoisotopic (exact) mass is 416 g/mol. The van der Waals surface area contributed by atoms with Gasteiger partial charge in [0.2, 0.25) is 5.91 Å². The van der Waals surface area contributed by atoms with Gasteiger partial charge in [-0.3, -0.25) is 4.79 Å². The number of phenolic OH excluding ortho intramolecular Hbond substituents is 1. The number of alkyl halides is 3. The molecule has 0 saturated heterocycles. The van der Waals surface area contributed by atoms with Gasteiger partial charge in [-0.25, -0.2) is 4.79 Å². The van der Waals surface area contributed by atoms with E-state index in [1.807, 2.05) is 0 Å². The molecule has 0 radical (unpaired) electrons. The number of fused-ring (bicyclic) bond motifs is 1. The van der Waals surface area contributed by atoms with E-state index in [1.54, 1.807) is 12.1 Å². The first kappa shape index (κ1) is 19.6. The summed E-state index contributed by atoms with van der Waals surface area (Å²) in [4.78, 5) is 24.0. The predicted molar refractivity (Wildman–Crippen MR) is 101 cm³/mol. The van der Waals surface area contributed by atoms with Crippen LogP contribution in [0.15, 0.2) is 54.7 Å². The van der Waals surface area contributed by atoms with Gasteiger partial charge < -0.3 is 20.1 Å².